The van der Waals surface area contributed by atoms with Crippen molar-refractivity contribution in [3.63, 3.8) is 0 Å². The third-order valence-electron chi connectivity index (χ3n) is 5.55. The number of benzene rings is 2. The molecule has 29 heavy (non-hydrogen) atoms. The number of ether oxygens (including phenoxy) is 1. The van der Waals surface area contributed by atoms with Crippen LogP contribution >= 0.6 is 11.8 Å². The minimum absolute atomic E-state index is 0. The number of nitrogens with zero attached hydrogens (tertiary/aromatic N) is 3. The number of hydrogen-bond acceptors (Lipinski definition) is 4. The fourth-order valence-corrected chi connectivity index (χ4v) is 4.28. The van der Waals surface area contributed by atoms with E-state index in [0.29, 0.717) is 0 Å². The number of rotatable bonds is 7. The van der Waals surface area contributed by atoms with Crippen molar-refractivity contribution in [1.29, 1.82) is 0 Å². The second kappa shape index (κ2) is 11.1. The van der Waals surface area contributed by atoms with Gasteiger partial charge in [-0.1, -0.05) is 12.1 Å². The van der Waals surface area contributed by atoms with Crippen molar-refractivity contribution in [3.8, 4) is 5.75 Å². The van der Waals surface area contributed by atoms with E-state index in [1.807, 2.05) is 42.1 Å². The Morgan fingerprint density at radius 2 is 1.59 bits per heavy atom. The lowest BCUT2D eigenvalue weighted by Gasteiger charge is -2.31. The predicted molar refractivity (Wildman–Crippen MR) is 122 cm³/mol. The van der Waals surface area contributed by atoms with Gasteiger partial charge in [-0.15, -0.1) is 11.8 Å². The Kier molecular flexibility index (Phi) is 9.17. The zero-order chi connectivity index (χ0) is 20.0. The van der Waals surface area contributed by atoms with E-state index in [1.165, 1.54) is 0 Å². The molecule has 3 rings (SSSR count). The second-order valence-corrected chi connectivity index (χ2v) is 8.45. The first-order valence-corrected chi connectivity index (χ1v) is 10.9. The number of methoxy groups -OCH3 is 1. The van der Waals surface area contributed by atoms with E-state index in [9.17, 15) is 0 Å². The van der Waals surface area contributed by atoms with Crippen LogP contribution < -0.4 is 28.7 Å². The molecule has 0 radical (unpaired) electrons. The smallest absolute Gasteiger partial charge is 0.118 e. The fourth-order valence-electron chi connectivity index (χ4n) is 3.11. The van der Waals surface area contributed by atoms with Crippen molar-refractivity contribution in [2.24, 2.45) is 9.98 Å². The van der Waals surface area contributed by atoms with E-state index in [1.54, 1.807) is 7.11 Å². The fraction of sp³-hybridized carbons (Fsp3) is 0.391. The van der Waals surface area contributed by atoms with Crippen molar-refractivity contribution in [2.75, 3.05) is 39.5 Å². The molecular weight excluding hydrogens is 493 g/mol. The molecule has 0 saturated carbocycles. The summed E-state index contributed by atoms with van der Waals surface area (Å²) in [5, 5.41) is 1.14. The second-order valence-electron chi connectivity index (χ2n) is 7.28. The average Bonchev–Trinajstić information content (AvgIpc) is 2.93. The predicted octanol–water partition coefficient (Wildman–Crippen LogP) is 2.47. The van der Waals surface area contributed by atoms with Crippen LogP contribution in [0.5, 0.6) is 5.75 Å². The molecule has 6 heteroatoms. The third kappa shape index (κ3) is 6.30. The highest BCUT2D eigenvalue weighted by molar-refractivity contribution is 8.14. The Hall–Kier alpha value is -1.38. The van der Waals surface area contributed by atoms with Crippen LogP contribution in [-0.2, 0) is 0 Å². The van der Waals surface area contributed by atoms with Crippen molar-refractivity contribution >= 4 is 33.9 Å². The molecule has 156 valence electrons. The van der Waals surface area contributed by atoms with Gasteiger partial charge < -0.3 is 33.2 Å². The average molecular weight is 523 g/mol. The summed E-state index contributed by atoms with van der Waals surface area (Å²) >= 11 is 1.87. The number of thioether (sulfide) groups is 1. The maximum absolute atomic E-state index is 5.30. The number of aliphatic imine (C=N–C) groups is 2. The zero-order valence-corrected chi connectivity index (χ0v) is 20.7. The summed E-state index contributed by atoms with van der Waals surface area (Å²) in [5.74, 6) is 1.92. The van der Waals surface area contributed by atoms with Crippen LogP contribution in [-0.4, -0.2) is 54.8 Å². The molecule has 0 unspecified atom stereocenters. The van der Waals surface area contributed by atoms with Gasteiger partial charge in [-0.05, 0) is 55.8 Å². The van der Waals surface area contributed by atoms with Crippen LogP contribution in [0.3, 0.4) is 0 Å². The molecule has 0 fully saturated rings. The van der Waals surface area contributed by atoms with Gasteiger partial charge in [0, 0.05) is 12.2 Å². The standard InChI is InChI=1S/C23H30N3OS.HI/c1-5-26(3,6-2)15-16-28-23-17-22(18-11-13-19(27-4)14-12-18)24-20-9-7-8-10-21(20)25-23;/h7-14H,5-6,15-17H2,1-4H3;1H/q+1;/p-1. The quantitative estimate of drug-likeness (QED) is 0.413. The molecule has 0 N–H and O–H groups in total. The van der Waals surface area contributed by atoms with Gasteiger partial charge in [0.25, 0.3) is 0 Å². The number of para-hydroxylation sites is 2. The topological polar surface area (TPSA) is 34.0 Å². The number of quaternary nitrogens is 1. The van der Waals surface area contributed by atoms with Crippen molar-refractivity contribution < 1.29 is 33.2 Å². The van der Waals surface area contributed by atoms with Gasteiger partial charge in [-0.3, -0.25) is 4.99 Å². The Labute approximate surface area is 196 Å². The molecule has 1 aliphatic rings. The molecular formula is C23H30IN3OS. The van der Waals surface area contributed by atoms with E-state index in [2.05, 4.69) is 39.1 Å². The molecule has 1 aliphatic heterocycles. The van der Waals surface area contributed by atoms with Gasteiger partial charge in [0.05, 0.1) is 55.9 Å². The van der Waals surface area contributed by atoms with E-state index >= 15 is 0 Å². The molecule has 0 amide bonds. The Morgan fingerprint density at radius 3 is 2.17 bits per heavy atom. The molecule has 0 spiro atoms. The molecule has 0 atom stereocenters. The third-order valence-corrected chi connectivity index (χ3v) is 6.51. The highest BCUT2D eigenvalue weighted by Crippen LogP contribution is 2.33. The molecule has 4 nitrogen and oxygen atoms in total. The highest BCUT2D eigenvalue weighted by Gasteiger charge is 2.19. The van der Waals surface area contributed by atoms with Gasteiger partial charge in [-0.2, -0.15) is 0 Å². The lowest BCUT2D eigenvalue weighted by Crippen LogP contribution is -3.00. The largest absolute Gasteiger partial charge is 1.00 e. The first-order valence-electron chi connectivity index (χ1n) is 9.92. The summed E-state index contributed by atoms with van der Waals surface area (Å²) in [6, 6.07) is 16.3. The van der Waals surface area contributed by atoms with Crippen LogP contribution in [0.25, 0.3) is 0 Å². The van der Waals surface area contributed by atoms with Crippen LogP contribution in [0.2, 0.25) is 0 Å². The van der Waals surface area contributed by atoms with Gasteiger partial charge in [0.15, 0.2) is 0 Å². The Balaban J connectivity index is 0.00000300. The Morgan fingerprint density at radius 1 is 0.966 bits per heavy atom. The summed E-state index contributed by atoms with van der Waals surface area (Å²) in [6.45, 7) is 7.99. The number of fused-ring (bicyclic) bond motifs is 1. The van der Waals surface area contributed by atoms with Crippen molar-refractivity contribution in [3.05, 3.63) is 54.1 Å². The maximum Gasteiger partial charge on any atom is 0.118 e. The van der Waals surface area contributed by atoms with Gasteiger partial charge in [0.2, 0.25) is 0 Å². The molecule has 2 aromatic carbocycles. The van der Waals surface area contributed by atoms with Crippen LogP contribution in [0.1, 0.15) is 25.8 Å². The lowest BCUT2D eigenvalue weighted by atomic mass is 10.1. The molecule has 2 aromatic rings. The summed E-state index contributed by atoms with van der Waals surface area (Å²) in [6.07, 6.45) is 0.758. The van der Waals surface area contributed by atoms with E-state index in [4.69, 9.17) is 14.7 Å². The zero-order valence-electron chi connectivity index (χ0n) is 17.7. The van der Waals surface area contributed by atoms with Gasteiger partial charge in [-0.25, -0.2) is 4.99 Å². The van der Waals surface area contributed by atoms with Crippen LogP contribution in [0.15, 0.2) is 58.5 Å². The van der Waals surface area contributed by atoms with Crippen molar-refractivity contribution in [2.45, 2.75) is 20.3 Å². The minimum atomic E-state index is 0. The van der Waals surface area contributed by atoms with Crippen LogP contribution in [0, 0.1) is 0 Å². The molecule has 0 saturated heterocycles. The van der Waals surface area contributed by atoms with E-state index in [0.717, 1.165) is 69.7 Å². The van der Waals surface area contributed by atoms with Crippen LogP contribution in [0.4, 0.5) is 11.4 Å². The summed E-state index contributed by atoms with van der Waals surface area (Å²) < 4.78 is 6.39. The molecule has 0 aliphatic carbocycles. The summed E-state index contributed by atoms with van der Waals surface area (Å²) in [4.78, 5) is 9.90. The van der Waals surface area contributed by atoms with Gasteiger partial charge in [0.1, 0.15) is 5.75 Å². The highest BCUT2D eigenvalue weighted by atomic mass is 127. The lowest BCUT2D eigenvalue weighted by molar-refractivity contribution is -0.903. The summed E-state index contributed by atoms with van der Waals surface area (Å²) in [7, 11) is 4.02. The molecule has 0 bridgehead atoms. The normalized spacial score (nSPS) is 13.5. The Bertz CT molecular complexity index is 861. The number of hydrogen-bond donors (Lipinski definition) is 0. The first kappa shape index (κ1) is 23.9. The van der Waals surface area contributed by atoms with E-state index in [-0.39, 0.29) is 24.0 Å². The SMILES string of the molecule is CC[N+](C)(CC)CCSC1=Nc2ccccc2N=C(c2ccc(OC)cc2)C1.[I-]. The van der Waals surface area contributed by atoms with E-state index < -0.39 is 0 Å². The maximum atomic E-state index is 5.30. The first-order chi connectivity index (χ1) is 13.6. The summed E-state index contributed by atoms with van der Waals surface area (Å²) in [5.41, 5.74) is 4.07. The van der Waals surface area contributed by atoms with Crippen molar-refractivity contribution in [1.82, 2.24) is 0 Å². The van der Waals surface area contributed by atoms with Gasteiger partial charge >= 0.3 is 0 Å². The molecule has 0 aromatic heterocycles. The monoisotopic (exact) mass is 523 g/mol. The molecule has 1 heterocycles. The number of halogens is 1. The minimum Gasteiger partial charge on any atom is -1.00 e.